The summed E-state index contributed by atoms with van der Waals surface area (Å²) >= 11 is 0. The molecule has 45 heavy (non-hydrogen) atoms. The van der Waals surface area contributed by atoms with E-state index in [2.05, 4.69) is 59.8 Å². The number of allylic oxidation sites excluding steroid dienone is 5. The summed E-state index contributed by atoms with van der Waals surface area (Å²) in [5, 5.41) is 34.7. The highest BCUT2D eigenvalue weighted by atomic mass is 16.7. The van der Waals surface area contributed by atoms with Gasteiger partial charge in [0.15, 0.2) is 5.79 Å². The van der Waals surface area contributed by atoms with Crippen molar-refractivity contribution < 1.29 is 39.1 Å². The number of aliphatic hydroxyl groups is 3. The molecule has 250 valence electrons. The number of fused-ring (bicyclic) bond motifs is 2. The van der Waals surface area contributed by atoms with Crippen molar-refractivity contribution in [2.45, 2.75) is 135 Å². The summed E-state index contributed by atoms with van der Waals surface area (Å²) in [6.07, 6.45) is 11.3. The van der Waals surface area contributed by atoms with Gasteiger partial charge in [0.2, 0.25) is 0 Å². The molecular weight excluding hydrogens is 572 g/mol. The van der Waals surface area contributed by atoms with Crippen molar-refractivity contribution in [3.05, 3.63) is 58.7 Å². The van der Waals surface area contributed by atoms with Crippen molar-refractivity contribution >= 4 is 5.97 Å². The predicted octanol–water partition coefficient (Wildman–Crippen LogP) is 5.48. The second-order valence-corrected chi connectivity index (χ2v) is 14.5. The van der Waals surface area contributed by atoms with Gasteiger partial charge in [-0.25, -0.2) is 0 Å². The topological polar surface area (TPSA) is 115 Å². The van der Waals surface area contributed by atoms with E-state index < -0.39 is 47.7 Å². The predicted molar refractivity (Wildman–Crippen MR) is 172 cm³/mol. The SMILES string of the molecule is CCC(C)/C=C(\C)[C@H]1O[C@@]2(C[C@@H]3C[C@@H](C/C=C(\C)C[C@@H](C)/C=C/C=C4\CO[C@@H]5[C@H](O)C(C)=C[C@@H](C(=O)O3)[C@]45O)O2)[C@H](O)C[C@@H]1C. The van der Waals surface area contributed by atoms with Crippen LogP contribution >= 0.6 is 0 Å². The number of esters is 1. The third-order valence-corrected chi connectivity index (χ3v) is 10.7. The van der Waals surface area contributed by atoms with Crippen molar-refractivity contribution in [3.63, 3.8) is 0 Å². The Morgan fingerprint density at radius 1 is 1.16 bits per heavy atom. The number of carbonyl (C=O) groups is 1. The fourth-order valence-electron chi connectivity index (χ4n) is 7.93. The van der Waals surface area contributed by atoms with Crippen LogP contribution in [0.2, 0.25) is 0 Å². The van der Waals surface area contributed by atoms with Gasteiger partial charge < -0.3 is 34.3 Å². The molecule has 8 heteroatoms. The van der Waals surface area contributed by atoms with Gasteiger partial charge in [0, 0.05) is 12.8 Å². The van der Waals surface area contributed by atoms with Crippen LogP contribution < -0.4 is 0 Å². The number of aliphatic hydroxyl groups excluding tert-OH is 2. The van der Waals surface area contributed by atoms with Gasteiger partial charge in [0.1, 0.15) is 35.9 Å². The Morgan fingerprint density at radius 2 is 1.91 bits per heavy atom. The van der Waals surface area contributed by atoms with Crippen LogP contribution in [0.1, 0.15) is 87.0 Å². The van der Waals surface area contributed by atoms with Crippen LogP contribution in [0.5, 0.6) is 0 Å². The van der Waals surface area contributed by atoms with E-state index in [1.165, 1.54) is 5.57 Å². The smallest absolute Gasteiger partial charge is 0.316 e. The molecule has 3 saturated heterocycles. The van der Waals surface area contributed by atoms with E-state index in [4.69, 9.17) is 18.9 Å². The van der Waals surface area contributed by atoms with Crippen LogP contribution in [0.25, 0.3) is 0 Å². The van der Waals surface area contributed by atoms with E-state index in [0.717, 1.165) is 18.4 Å². The Labute approximate surface area is 268 Å². The lowest BCUT2D eigenvalue weighted by atomic mass is 9.71. The quantitative estimate of drug-likeness (QED) is 0.279. The van der Waals surface area contributed by atoms with Gasteiger partial charge in [0.25, 0.3) is 0 Å². The molecule has 0 aromatic heterocycles. The van der Waals surface area contributed by atoms with Gasteiger partial charge >= 0.3 is 5.97 Å². The monoisotopic (exact) mass is 626 g/mol. The van der Waals surface area contributed by atoms with Crippen molar-refractivity contribution in [1.82, 2.24) is 0 Å². The van der Waals surface area contributed by atoms with Gasteiger partial charge in [-0.05, 0) is 74.5 Å². The Hall–Kier alpha value is -2.07. The first kappa shape index (κ1) is 34.3. The van der Waals surface area contributed by atoms with Gasteiger partial charge in [0.05, 0.1) is 18.8 Å². The molecule has 12 atom stereocenters. The summed E-state index contributed by atoms with van der Waals surface area (Å²) in [4.78, 5) is 14.1. The first-order valence-corrected chi connectivity index (χ1v) is 16.9. The second-order valence-electron chi connectivity index (χ2n) is 14.5. The Kier molecular flexibility index (Phi) is 10.3. The van der Waals surface area contributed by atoms with Gasteiger partial charge in [-0.3, -0.25) is 4.79 Å². The maximum absolute atomic E-state index is 14.1. The number of hydrogen-bond acceptors (Lipinski definition) is 8. The number of carbonyl (C=O) groups excluding carboxylic acids is 1. The lowest BCUT2D eigenvalue weighted by Gasteiger charge is -2.52. The van der Waals surface area contributed by atoms with Crippen molar-refractivity contribution in [3.8, 4) is 0 Å². The average Bonchev–Trinajstić information content (AvgIpc) is 3.32. The van der Waals surface area contributed by atoms with Crippen LogP contribution in [0.4, 0.5) is 0 Å². The third kappa shape index (κ3) is 6.83. The summed E-state index contributed by atoms with van der Waals surface area (Å²) in [6.45, 7) is 14.6. The average molecular weight is 627 g/mol. The molecule has 5 rings (SSSR count). The zero-order valence-corrected chi connectivity index (χ0v) is 28.1. The zero-order valence-electron chi connectivity index (χ0n) is 28.1. The summed E-state index contributed by atoms with van der Waals surface area (Å²) in [6, 6.07) is 0. The molecule has 0 aromatic carbocycles. The summed E-state index contributed by atoms with van der Waals surface area (Å²) in [5.74, 6) is -2.29. The minimum atomic E-state index is -1.75. The van der Waals surface area contributed by atoms with E-state index >= 15 is 0 Å². The molecule has 0 radical (unpaired) electrons. The Bertz CT molecular complexity index is 1260. The van der Waals surface area contributed by atoms with E-state index in [9.17, 15) is 20.1 Å². The molecule has 2 bridgehead atoms. The second kappa shape index (κ2) is 13.6. The van der Waals surface area contributed by atoms with Crippen LogP contribution in [0.3, 0.4) is 0 Å². The van der Waals surface area contributed by atoms with E-state index in [0.29, 0.717) is 36.3 Å². The van der Waals surface area contributed by atoms with Crippen molar-refractivity contribution in [2.24, 2.45) is 23.7 Å². The van der Waals surface area contributed by atoms with Gasteiger partial charge in [-0.15, -0.1) is 0 Å². The minimum absolute atomic E-state index is 0.0821. The largest absolute Gasteiger partial charge is 0.462 e. The van der Waals surface area contributed by atoms with Crippen LogP contribution in [-0.4, -0.2) is 75.9 Å². The number of ether oxygens (including phenoxy) is 4. The molecule has 4 aliphatic heterocycles. The number of rotatable bonds is 3. The molecule has 8 nitrogen and oxygen atoms in total. The molecule has 4 heterocycles. The first-order chi connectivity index (χ1) is 21.3. The van der Waals surface area contributed by atoms with E-state index in [1.807, 2.05) is 12.2 Å². The Balaban J connectivity index is 1.52. The number of hydrogen-bond donors (Lipinski definition) is 3. The highest BCUT2D eigenvalue weighted by Gasteiger charge is 2.60. The molecule has 1 aliphatic carbocycles. The lowest BCUT2D eigenvalue weighted by molar-refractivity contribution is -0.363. The minimum Gasteiger partial charge on any atom is -0.462 e. The molecule has 5 aliphatic rings. The Morgan fingerprint density at radius 3 is 2.64 bits per heavy atom. The molecule has 0 saturated carbocycles. The third-order valence-electron chi connectivity index (χ3n) is 10.7. The van der Waals surface area contributed by atoms with E-state index in [1.54, 1.807) is 13.0 Å². The molecule has 3 N–H and O–H groups in total. The first-order valence-electron chi connectivity index (χ1n) is 16.9. The molecule has 3 fully saturated rings. The molecule has 1 unspecified atom stereocenters. The lowest BCUT2D eigenvalue weighted by Crippen LogP contribution is -2.62. The molecular formula is C37H54O8. The van der Waals surface area contributed by atoms with Crippen molar-refractivity contribution in [2.75, 3.05) is 6.61 Å². The van der Waals surface area contributed by atoms with Crippen molar-refractivity contribution in [1.29, 1.82) is 0 Å². The highest BCUT2D eigenvalue weighted by molar-refractivity contribution is 5.78. The molecule has 1 spiro atoms. The maximum atomic E-state index is 14.1. The zero-order chi connectivity index (χ0) is 32.7. The molecule has 0 amide bonds. The standard InChI is InChI=1S/C37H54O8/c1-8-21(2)15-25(6)33-26(7)17-31(38)36(45-33)19-29-18-28(44-36)13-12-23(4)14-22(3)10-9-11-27-20-42-34-32(39)24(5)16-30(35(40)43-29)37(27,34)41/h9-12,15-16,21-22,26,28-34,38-39,41H,8,13-14,17-20H2,1-7H3/b10-9+,23-12+,25-15+,27-11+/t21?,22-,26-,28+,29-,30-,31+,32+,33+,34+,36-,37+/m0/s1. The summed E-state index contributed by atoms with van der Waals surface area (Å²) in [7, 11) is 0. The highest BCUT2D eigenvalue weighted by Crippen LogP contribution is 2.48. The fourth-order valence-corrected chi connectivity index (χ4v) is 7.93. The van der Waals surface area contributed by atoms with Gasteiger partial charge in [-0.2, -0.15) is 0 Å². The fraction of sp³-hybridized carbons (Fsp3) is 0.703. The van der Waals surface area contributed by atoms with Gasteiger partial charge in [-0.1, -0.05) is 76.1 Å². The molecule has 0 aromatic rings. The maximum Gasteiger partial charge on any atom is 0.316 e. The van der Waals surface area contributed by atoms with E-state index in [-0.39, 0.29) is 37.1 Å². The summed E-state index contributed by atoms with van der Waals surface area (Å²) < 4.78 is 25.7. The normalized spacial score (nSPS) is 46.6. The van der Waals surface area contributed by atoms with Crippen LogP contribution in [0, 0.1) is 23.7 Å². The van der Waals surface area contributed by atoms with Crippen LogP contribution in [-0.2, 0) is 23.7 Å². The summed E-state index contributed by atoms with van der Waals surface area (Å²) in [5.41, 5.74) is 1.67. The van der Waals surface area contributed by atoms with Crippen LogP contribution in [0.15, 0.2) is 58.7 Å².